The number of thioether (sulfide) groups is 1. The second kappa shape index (κ2) is 8.18. The van der Waals surface area contributed by atoms with Crippen LogP contribution < -0.4 is 10.6 Å². The lowest BCUT2D eigenvalue weighted by Crippen LogP contribution is -2.32. The van der Waals surface area contributed by atoms with Crippen molar-refractivity contribution < 1.29 is 0 Å². The molecule has 0 aliphatic rings. The summed E-state index contributed by atoms with van der Waals surface area (Å²) in [6, 6.07) is 8.60. The SMILES string of the molecule is CCSc1cccc(N(C)CCC(N)C(C)C)c1C#N. The molecule has 110 valence electrons. The molecule has 0 amide bonds. The van der Waals surface area contributed by atoms with E-state index in [1.807, 2.05) is 25.2 Å². The van der Waals surface area contributed by atoms with Crippen molar-refractivity contribution in [2.75, 3.05) is 24.2 Å². The average molecular weight is 291 g/mol. The Morgan fingerprint density at radius 2 is 2.10 bits per heavy atom. The van der Waals surface area contributed by atoms with Gasteiger partial charge in [-0.15, -0.1) is 11.8 Å². The molecule has 1 atom stereocenters. The van der Waals surface area contributed by atoms with Gasteiger partial charge in [-0.3, -0.25) is 0 Å². The Morgan fingerprint density at radius 3 is 2.65 bits per heavy atom. The van der Waals surface area contributed by atoms with Crippen LogP contribution in [0.5, 0.6) is 0 Å². The van der Waals surface area contributed by atoms with Crippen molar-refractivity contribution in [3.8, 4) is 6.07 Å². The van der Waals surface area contributed by atoms with E-state index in [1.165, 1.54) is 0 Å². The van der Waals surface area contributed by atoms with Gasteiger partial charge in [0.25, 0.3) is 0 Å². The second-order valence-electron chi connectivity index (χ2n) is 5.31. The van der Waals surface area contributed by atoms with E-state index in [0.29, 0.717) is 5.92 Å². The van der Waals surface area contributed by atoms with Gasteiger partial charge < -0.3 is 10.6 Å². The van der Waals surface area contributed by atoms with Gasteiger partial charge in [-0.1, -0.05) is 26.8 Å². The lowest BCUT2D eigenvalue weighted by molar-refractivity contribution is 0.466. The summed E-state index contributed by atoms with van der Waals surface area (Å²) in [5.74, 6) is 1.46. The van der Waals surface area contributed by atoms with Crippen LogP contribution in [0.3, 0.4) is 0 Å². The van der Waals surface area contributed by atoms with Gasteiger partial charge >= 0.3 is 0 Å². The minimum absolute atomic E-state index is 0.205. The normalized spacial score (nSPS) is 12.2. The molecule has 0 heterocycles. The standard InChI is InChI=1S/C16H25N3S/c1-5-20-16-8-6-7-15(13(16)11-17)19(4)10-9-14(18)12(2)3/h6-8,12,14H,5,9-10,18H2,1-4H3. The van der Waals surface area contributed by atoms with Gasteiger partial charge in [0.05, 0.1) is 11.3 Å². The van der Waals surface area contributed by atoms with Gasteiger partial charge in [0.2, 0.25) is 0 Å². The van der Waals surface area contributed by atoms with Crippen molar-refractivity contribution >= 4 is 17.4 Å². The molecular weight excluding hydrogens is 266 g/mol. The third-order valence-corrected chi connectivity index (χ3v) is 4.42. The predicted octanol–water partition coefficient (Wildman–Crippen LogP) is 3.48. The zero-order valence-electron chi connectivity index (χ0n) is 12.9. The summed E-state index contributed by atoms with van der Waals surface area (Å²) in [5.41, 5.74) is 7.87. The lowest BCUT2D eigenvalue weighted by atomic mass is 10.0. The minimum atomic E-state index is 0.205. The molecular formula is C16H25N3S. The molecule has 0 spiro atoms. The zero-order valence-corrected chi connectivity index (χ0v) is 13.7. The Bertz CT molecular complexity index is 465. The summed E-state index contributed by atoms with van der Waals surface area (Å²) < 4.78 is 0. The fourth-order valence-corrected chi connectivity index (χ4v) is 2.80. The molecule has 2 N–H and O–H groups in total. The molecule has 0 radical (unpaired) electrons. The maximum Gasteiger partial charge on any atom is 0.103 e. The topological polar surface area (TPSA) is 53.0 Å². The molecule has 1 aromatic carbocycles. The number of nitrogens with two attached hydrogens (primary N) is 1. The first kappa shape index (κ1) is 16.9. The van der Waals surface area contributed by atoms with E-state index >= 15 is 0 Å². The van der Waals surface area contributed by atoms with Gasteiger partial charge in [-0.05, 0) is 30.2 Å². The van der Waals surface area contributed by atoms with E-state index in [0.717, 1.165) is 34.9 Å². The number of hydrogen-bond donors (Lipinski definition) is 1. The van der Waals surface area contributed by atoms with E-state index in [2.05, 4.69) is 31.7 Å². The van der Waals surface area contributed by atoms with Gasteiger partial charge in [0.1, 0.15) is 6.07 Å². The van der Waals surface area contributed by atoms with Crippen LogP contribution in [0.15, 0.2) is 23.1 Å². The molecule has 0 aromatic heterocycles. The molecule has 1 rings (SSSR count). The molecule has 0 aliphatic heterocycles. The van der Waals surface area contributed by atoms with E-state index in [1.54, 1.807) is 11.8 Å². The Hall–Kier alpha value is -1.18. The van der Waals surface area contributed by atoms with Crippen molar-refractivity contribution in [2.45, 2.75) is 38.1 Å². The molecule has 0 aliphatic carbocycles. The van der Waals surface area contributed by atoms with Crippen molar-refractivity contribution in [2.24, 2.45) is 11.7 Å². The molecule has 4 heteroatoms. The summed E-state index contributed by atoms with van der Waals surface area (Å²) >= 11 is 1.71. The molecule has 0 saturated heterocycles. The number of nitrogens with zero attached hydrogens (tertiary/aromatic N) is 2. The summed E-state index contributed by atoms with van der Waals surface area (Å²) in [7, 11) is 2.03. The fourth-order valence-electron chi connectivity index (χ4n) is 2.02. The molecule has 20 heavy (non-hydrogen) atoms. The van der Waals surface area contributed by atoms with Crippen LogP contribution in [-0.2, 0) is 0 Å². The number of hydrogen-bond acceptors (Lipinski definition) is 4. The van der Waals surface area contributed by atoms with Crippen LogP contribution in [-0.4, -0.2) is 25.4 Å². The van der Waals surface area contributed by atoms with E-state index in [9.17, 15) is 5.26 Å². The van der Waals surface area contributed by atoms with E-state index in [4.69, 9.17) is 5.73 Å². The quantitative estimate of drug-likeness (QED) is 0.781. The first-order valence-electron chi connectivity index (χ1n) is 7.13. The lowest BCUT2D eigenvalue weighted by Gasteiger charge is -2.24. The Morgan fingerprint density at radius 1 is 1.40 bits per heavy atom. The fraction of sp³-hybridized carbons (Fsp3) is 0.562. The monoisotopic (exact) mass is 291 g/mol. The Kier molecular flexibility index (Phi) is 6.90. The summed E-state index contributed by atoms with van der Waals surface area (Å²) in [6.45, 7) is 7.26. The number of rotatable bonds is 7. The number of nitriles is 1. The maximum atomic E-state index is 9.43. The Labute approximate surface area is 127 Å². The van der Waals surface area contributed by atoms with Crippen LogP contribution >= 0.6 is 11.8 Å². The first-order chi connectivity index (χ1) is 9.51. The molecule has 1 unspecified atom stereocenters. The van der Waals surface area contributed by atoms with Gasteiger partial charge in [-0.25, -0.2) is 0 Å². The van der Waals surface area contributed by atoms with Crippen LogP contribution in [0.1, 0.15) is 32.8 Å². The zero-order chi connectivity index (χ0) is 15.1. The summed E-state index contributed by atoms with van der Waals surface area (Å²) in [4.78, 5) is 3.20. The predicted molar refractivity (Wildman–Crippen MR) is 88.3 cm³/mol. The van der Waals surface area contributed by atoms with Gasteiger partial charge in [0.15, 0.2) is 0 Å². The number of anilines is 1. The van der Waals surface area contributed by atoms with Crippen molar-refractivity contribution in [3.05, 3.63) is 23.8 Å². The molecule has 0 saturated carbocycles. The van der Waals surface area contributed by atoms with Crippen LogP contribution in [0.2, 0.25) is 0 Å². The highest BCUT2D eigenvalue weighted by molar-refractivity contribution is 7.99. The van der Waals surface area contributed by atoms with Gasteiger partial charge in [0, 0.05) is 24.5 Å². The van der Waals surface area contributed by atoms with Crippen LogP contribution in [0.4, 0.5) is 5.69 Å². The highest BCUT2D eigenvalue weighted by Crippen LogP contribution is 2.29. The average Bonchev–Trinajstić information content (AvgIpc) is 2.44. The number of benzene rings is 1. The summed E-state index contributed by atoms with van der Waals surface area (Å²) in [5, 5.41) is 9.43. The van der Waals surface area contributed by atoms with Crippen molar-refractivity contribution in [1.82, 2.24) is 0 Å². The molecule has 1 aromatic rings. The highest BCUT2D eigenvalue weighted by Gasteiger charge is 2.14. The highest BCUT2D eigenvalue weighted by atomic mass is 32.2. The van der Waals surface area contributed by atoms with Crippen LogP contribution in [0, 0.1) is 17.2 Å². The molecule has 3 nitrogen and oxygen atoms in total. The Balaban J connectivity index is 2.85. The van der Waals surface area contributed by atoms with Gasteiger partial charge in [-0.2, -0.15) is 5.26 Å². The first-order valence-corrected chi connectivity index (χ1v) is 8.12. The van der Waals surface area contributed by atoms with Crippen molar-refractivity contribution in [1.29, 1.82) is 5.26 Å². The van der Waals surface area contributed by atoms with E-state index in [-0.39, 0.29) is 6.04 Å². The maximum absolute atomic E-state index is 9.43. The summed E-state index contributed by atoms with van der Waals surface area (Å²) in [6.07, 6.45) is 0.935. The minimum Gasteiger partial charge on any atom is -0.373 e. The third kappa shape index (κ3) is 4.43. The van der Waals surface area contributed by atoms with E-state index < -0.39 is 0 Å². The largest absolute Gasteiger partial charge is 0.373 e. The molecule has 0 bridgehead atoms. The molecule has 0 fully saturated rings. The second-order valence-corrected chi connectivity index (χ2v) is 6.62. The third-order valence-electron chi connectivity index (χ3n) is 3.48. The van der Waals surface area contributed by atoms with Crippen molar-refractivity contribution in [3.63, 3.8) is 0 Å². The smallest absolute Gasteiger partial charge is 0.103 e. The van der Waals surface area contributed by atoms with Crippen LogP contribution in [0.25, 0.3) is 0 Å².